The summed E-state index contributed by atoms with van der Waals surface area (Å²) in [6.45, 7) is 3.01. The van der Waals surface area contributed by atoms with Crippen LogP contribution in [-0.4, -0.2) is 35.8 Å². The van der Waals surface area contributed by atoms with Gasteiger partial charge in [0.2, 0.25) is 0 Å². The Hall–Kier alpha value is -3.35. The number of aliphatic carboxylic acids is 1. The number of phenolic OH excluding ortho intramolecular Hbond substituents is 1. The van der Waals surface area contributed by atoms with Crippen molar-refractivity contribution >= 4 is 5.97 Å². The molecule has 0 aliphatic rings. The van der Waals surface area contributed by atoms with Crippen molar-refractivity contribution in [2.24, 2.45) is 5.73 Å². The van der Waals surface area contributed by atoms with Gasteiger partial charge < -0.3 is 26.0 Å². The van der Waals surface area contributed by atoms with E-state index in [4.69, 9.17) is 20.7 Å². The molecule has 0 aromatic heterocycles. The lowest BCUT2D eigenvalue weighted by Crippen LogP contribution is -2.32. The maximum atomic E-state index is 10.4. The summed E-state index contributed by atoms with van der Waals surface area (Å²) in [5.41, 5.74) is 8.52. The summed E-state index contributed by atoms with van der Waals surface area (Å²) in [6.07, 6.45) is 1.32. The van der Waals surface area contributed by atoms with Gasteiger partial charge in [-0.05, 0) is 61.8 Å². The van der Waals surface area contributed by atoms with E-state index in [9.17, 15) is 4.79 Å². The number of para-hydroxylation sites is 1. The zero-order chi connectivity index (χ0) is 23.3. The van der Waals surface area contributed by atoms with Gasteiger partial charge in [-0.25, -0.2) is 0 Å². The maximum absolute atomic E-state index is 10.4. The molecule has 0 heterocycles. The van der Waals surface area contributed by atoms with Crippen molar-refractivity contribution < 1.29 is 19.7 Å². The molecule has 3 rings (SSSR count). The Kier molecular flexibility index (Phi) is 10.2. The number of rotatable bonds is 9. The number of carboxylic acid groups (broad SMARTS) is 1. The second-order valence-corrected chi connectivity index (χ2v) is 7.49. The van der Waals surface area contributed by atoms with E-state index in [-0.39, 0.29) is 18.3 Å². The molecule has 32 heavy (non-hydrogen) atoms. The highest BCUT2D eigenvalue weighted by atomic mass is 16.5. The summed E-state index contributed by atoms with van der Waals surface area (Å²) in [5.74, 6) is 0.105. The summed E-state index contributed by atoms with van der Waals surface area (Å²) in [5, 5.41) is 20.7. The molecule has 0 saturated carbocycles. The van der Waals surface area contributed by atoms with Crippen LogP contribution in [0.15, 0.2) is 78.9 Å². The number of phenols is 1. The van der Waals surface area contributed by atoms with Gasteiger partial charge in [-0.2, -0.15) is 0 Å². The molecular weight excluding hydrogens is 404 g/mol. The van der Waals surface area contributed by atoms with E-state index in [1.165, 1.54) is 23.3 Å². The average molecular weight is 437 g/mol. The van der Waals surface area contributed by atoms with Crippen molar-refractivity contribution in [1.82, 2.24) is 5.32 Å². The first-order chi connectivity index (χ1) is 15.4. The Bertz CT molecular complexity index is 946. The Morgan fingerprint density at radius 3 is 2.22 bits per heavy atom. The largest absolute Gasteiger partial charge is 0.508 e. The van der Waals surface area contributed by atoms with Crippen molar-refractivity contribution in [1.29, 1.82) is 0 Å². The molecule has 3 aromatic rings. The van der Waals surface area contributed by atoms with Crippen LogP contribution in [0.2, 0.25) is 0 Å². The average Bonchev–Trinajstić information content (AvgIpc) is 2.80. The predicted molar refractivity (Wildman–Crippen MR) is 127 cm³/mol. The highest BCUT2D eigenvalue weighted by Gasteiger charge is 2.13. The SMILES string of the molecule is CNCC[C@@H](Oc1ccccc1C)c1ccccc1.N[C@@H](Cc1ccc(O)cc1)C(=O)O. The maximum Gasteiger partial charge on any atom is 0.320 e. The summed E-state index contributed by atoms with van der Waals surface area (Å²) < 4.78 is 6.19. The summed E-state index contributed by atoms with van der Waals surface area (Å²) in [6, 6.07) is 24.0. The molecule has 170 valence electrons. The van der Waals surface area contributed by atoms with Crippen molar-refractivity contribution in [3.05, 3.63) is 95.6 Å². The van der Waals surface area contributed by atoms with Crippen LogP contribution in [0.1, 0.15) is 29.2 Å². The fraction of sp³-hybridized carbons (Fsp3) is 0.269. The van der Waals surface area contributed by atoms with E-state index in [2.05, 4.69) is 42.6 Å². The van der Waals surface area contributed by atoms with E-state index in [1.54, 1.807) is 12.1 Å². The van der Waals surface area contributed by atoms with Gasteiger partial charge in [0.05, 0.1) is 0 Å². The molecule has 6 heteroatoms. The van der Waals surface area contributed by atoms with E-state index in [0.29, 0.717) is 0 Å². The normalized spacial score (nSPS) is 12.2. The summed E-state index contributed by atoms with van der Waals surface area (Å²) in [7, 11) is 1.97. The number of aryl methyl sites for hydroxylation is 1. The Morgan fingerprint density at radius 2 is 1.62 bits per heavy atom. The minimum Gasteiger partial charge on any atom is -0.508 e. The molecule has 2 atom stereocenters. The zero-order valence-electron chi connectivity index (χ0n) is 18.6. The van der Waals surface area contributed by atoms with Crippen LogP contribution in [-0.2, 0) is 11.2 Å². The number of nitrogens with one attached hydrogen (secondary N) is 1. The third kappa shape index (κ3) is 8.41. The Labute approximate surface area is 189 Å². The molecule has 0 bridgehead atoms. The first-order valence-electron chi connectivity index (χ1n) is 10.6. The Morgan fingerprint density at radius 1 is 1.00 bits per heavy atom. The first kappa shape index (κ1) is 24.9. The number of aromatic hydroxyl groups is 1. The number of carboxylic acids is 1. The standard InChI is InChI=1S/C17H21NO.C9H11NO3/c1-14-8-6-7-11-16(14)19-17(12-13-18-2)15-9-4-3-5-10-15;10-8(9(12)13)5-6-1-3-7(11)4-2-6/h3-11,17-18H,12-13H2,1-2H3;1-4,8,11H,5,10H2,(H,12,13)/t17-;8-/m10/s1. The molecule has 6 nitrogen and oxygen atoms in total. The van der Waals surface area contributed by atoms with Gasteiger partial charge in [0.25, 0.3) is 0 Å². The van der Waals surface area contributed by atoms with Gasteiger partial charge in [-0.3, -0.25) is 4.79 Å². The summed E-state index contributed by atoms with van der Waals surface area (Å²) in [4.78, 5) is 10.4. The number of ether oxygens (including phenoxy) is 1. The van der Waals surface area contributed by atoms with Crippen LogP contribution in [0.4, 0.5) is 0 Å². The second kappa shape index (κ2) is 13.1. The van der Waals surface area contributed by atoms with E-state index in [0.717, 1.165) is 24.3 Å². The summed E-state index contributed by atoms with van der Waals surface area (Å²) >= 11 is 0. The van der Waals surface area contributed by atoms with Gasteiger partial charge in [0, 0.05) is 6.42 Å². The van der Waals surface area contributed by atoms with Crippen LogP contribution in [0.3, 0.4) is 0 Å². The minimum atomic E-state index is -1.02. The minimum absolute atomic E-state index is 0.0924. The zero-order valence-corrected chi connectivity index (χ0v) is 18.6. The first-order valence-corrected chi connectivity index (χ1v) is 10.6. The van der Waals surface area contributed by atoms with Crippen molar-refractivity contribution in [2.75, 3.05) is 13.6 Å². The number of hydrogen-bond donors (Lipinski definition) is 4. The Balaban J connectivity index is 0.000000244. The van der Waals surface area contributed by atoms with Crippen molar-refractivity contribution in [3.8, 4) is 11.5 Å². The lowest BCUT2D eigenvalue weighted by molar-refractivity contribution is -0.138. The monoisotopic (exact) mass is 436 g/mol. The van der Waals surface area contributed by atoms with Gasteiger partial charge >= 0.3 is 5.97 Å². The number of nitrogens with two attached hydrogens (primary N) is 1. The molecule has 0 spiro atoms. The lowest BCUT2D eigenvalue weighted by atomic mass is 10.1. The molecule has 0 aliphatic carbocycles. The number of hydrogen-bond acceptors (Lipinski definition) is 5. The fourth-order valence-corrected chi connectivity index (χ4v) is 3.05. The molecule has 3 aromatic carbocycles. The predicted octanol–water partition coefficient (Wildman–Crippen LogP) is 4.07. The van der Waals surface area contributed by atoms with Crippen LogP contribution < -0.4 is 15.8 Å². The van der Waals surface area contributed by atoms with Crippen LogP contribution in [0.25, 0.3) is 0 Å². The van der Waals surface area contributed by atoms with E-state index in [1.807, 2.05) is 31.3 Å². The van der Waals surface area contributed by atoms with Gasteiger partial charge in [0.15, 0.2) is 0 Å². The highest BCUT2D eigenvalue weighted by molar-refractivity contribution is 5.73. The molecule has 0 amide bonds. The molecule has 0 fully saturated rings. The molecular formula is C26H32N2O4. The number of benzene rings is 3. The molecule has 0 aliphatic heterocycles. The van der Waals surface area contributed by atoms with Gasteiger partial charge in [-0.15, -0.1) is 0 Å². The van der Waals surface area contributed by atoms with Crippen LogP contribution in [0, 0.1) is 6.92 Å². The molecule has 0 radical (unpaired) electrons. The quantitative estimate of drug-likeness (QED) is 0.403. The van der Waals surface area contributed by atoms with Crippen molar-refractivity contribution in [2.45, 2.75) is 31.9 Å². The fourth-order valence-electron chi connectivity index (χ4n) is 3.05. The number of carbonyl (C=O) groups is 1. The lowest BCUT2D eigenvalue weighted by Gasteiger charge is -2.20. The third-order valence-corrected chi connectivity index (χ3v) is 4.90. The second-order valence-electron chi connectivity index (χ2n) is 7.49. The van der Waals surface area contributed by atoms with Gasteiger partial charge in [-0.1, -0.05) is 60.7 Å². The van der Waals surface area contributed by atoms with E-state index < -0.39 is 12.0 Å². The van der Waals surface area contributed by atoms with Gasteiger partial charge in [0.1, 0.15) is 23.6 Å². The third-order valence-electron chi connectivity index (χ3n) is 4.90. The highest BCUT2D eigenvalue weighted by Crippen LogP contribution is 2.26. The molecule has 0 unspecified atom stereocenters. The topological polar surface area (TPSA) is 105 Å². The van der Waals surface area contributed by atoms with Crippen LogP contribution >= 0.6 is 0 Å². The molecule has 0 saturated heterocycles. The van der Waals surface area contributed by atoms with E-state index >= 15 is 0 Å². The van der Waals surface area contributed by atoms with Crippen molar-refractivity contribution in [3.63, 3.8) is 0 Å². The van der Waals surface area contributed by atoms with Crippen LogP contribution in [0.5, 0.6) is 11.5 Å². The smallest absolute Gasteiger partial charge is 0.320 e. The molecule has 5 N–H and O–H groups in total.